The highest BCUT2D eigenvalue weighted by Gasteiger charge is 2.33. The fourth-order valence-corrected chi connectivity index (χ4v) is 6.67. The number of hydrogen-bond donors (Lipinski definition) is 1. The average Bonchev–Trinajstić information content (AvgIpc) is 2.96. The van der Waals surface area contributed by atoms with Crippen LogP contribution < -0.4 is 9.62 Å². The van der Waals surface area contributed by atoms with Crippen LogP contribution in [0.4, 0.5) is 5.69 Å². The van der Waals surface area contributed by atoms with E-state index in [4.69, 9.17) is 23.2 Å². The highest BCUT2D eigenvalue weighted by Crippen LogP contribution is 2.27. The summed E-state index contributed by atoms with van der Waals surface area (Å²) >= 11 is 12.4. The minimum atomic E-state index is -4.16. The van der Waals surface area contributed by atoms with Gasteiger partial charge in [0.25, 0.3) is 10.0 Å². The van der Waals surface area contributed by atoms with Gasteiger partial charge in [-0.05, 0) is 74.7 Å². The molecule has 0 heterocycles. The number of carbonyl (C=O) groups excluding carboxylic acids is 2. The topological polar surface area (TPSA) is 86.8 Å². The van der Waals surface area contributed by atoms with Gasteiger partial charge in [0, 0.05) is 22.6 Å². The lowest BCUT2D eigenvalue weighted by Crippen LogP contribution is -2.53. The van der Waals surface area contributed by atoms with Crippen LogP contribution in [-0.4, -0.2) is 43.8 Å². The maximum Gasteiger partial charge on any atom is 0.264 e. The SMILES string of the molecule is Cc1ccc(N(CC(=O)N(Cc2ccccc2Cl)[C@H](C)C(=O)NC2CCCCC2)S(=O)(=O)c2ccc(Cl)cc2)cc1. The van der Waals surface area contributed by atoms with Gasteiger partial charge in [-0.2, -0.15) is 0 Å². The fourth-order valence-electron chi connectivity index (χ4n) is 4.94. The Balaban J connectivity index is 1.68. The standard InChI is InChI=1S/C31H35Cl2N3O4S/c1-22-12-16-27(17-13-22)36(41(39,40)28-18-14-25(32)15-19-28)21-30(37)35(20-24-8-6-7-11-29(24)33)23(2)31(38)34-26-9-4-3-5-10-26/h6-8,11-19,23,26H,3-5,9-10,20-21H2,1-2H3,(H,34,38)/t23-/m1/s1. The van der Waals surface area contributed by atoms with E-state index in [0.717, 1.165) is 42.0 Å². The first-order valence-electron chi connectivity index (χ1n) is 13.7. The smallest absolute Gasteiger partial charge is 0.264 e. The molecule has 0 unspecified atom stereocenters. The van der Waals surface area contributed by atoms with Gasteiger partial charge >= 0.3 is 0 Å². The van der Waals surface area contributed by atoms with E-state index in [2.05, 4.69) is 5.32 Å². The quantitative estimate of drug-likeness (QED) is 0.287. The highest BCUT2D eigenvalue weighted by molar-refractivity contribution is 7.92. The third-order valence-corrected chi connectivity index (χ3v) is 9.83. The summed E-state index contributed by atoms with van der Waals surface area (Å²) in [6.45, 7) is 3.09. The Bertz CT molecular complexity index is 1460. The summed E-state index contributed by atoms with van der Waals surface area (Å²) in [5.41, 5.74) is 1.93. The lowest BCUT2D eigenvalue weighted by molar-refractivity contribution is -0.139. The summed E-state index contributed by atoms with van der Waals surface area (Å²) in [5.74, 6) is -0.811. The van der Waals surface area contributed by atoms with Crippen LogP contribution in [0.3, 0.4) is 0 Å². The molecule has 1 aliphatic rings. The second kappa shape index (κ2) is 13.7. The fraction of sp³-hybridized carbons (Fsp3) is 0.355. The molecule has 218 valence electrons. The largest absolute Gasteiger partial charge is 0.352 e. The van der Waals surface area contributed by atoms with Crippen LogP contribution in [-0.2, 0) is 26.2 Å². The van der Waals surface area contributed by atoms with Crippen LogP contribution in [0, 0.1) is 6.92 Å². The number of nitrogens with one attached hydrogen (secondary N) is 1. The van der Waals surface area contributed by atoms with Crippen molar-refractivity contribution in [1.82, 2.24) is 10.2 Å². The first-order valence-corrected chi connectivity index (χ1v) is 15.9. The lowest BCUT2D eigenvalue weighted by atomic mass is 9.95. The zero-order chi connectivity index (χ0) is 29.6. The molecule has 0 radical (unpaired) electrons. The number of benzene rings is 3. The Morgan fingerprint density at radius 2 is 1.56 bits per heavy atom. The molecule has 0 saturated heterocycles. The monoisotopic (exact) mass is 615 g/mol. The van der Waals surface area contributed by atoms with Gasteiger partial charge in [0.15, 0.2) is 0 Å². The Morgan fingerprint density at radius 3 is 2.20 bits per heavy atom. The predicted molar refractivity (Wildman–Crippen MR) is 164 cm³/mol. The first kappa shape index (κ1) is 30.9. The predicted octanol–water partition coefficient (Wildman–Crippen LogP) is 6.36. The molecule has 41 heavy (non-hydrogen) atoms. The molecule has 0 bridgehead atoms. The molecule has 3 aromatic carbocycles. The van der Waals surface area contributed by atoms with Crippen LogP contribution in [0.15, 0.2) is 77.7 Å². The van der Waals surface area contributed by atoms with E-state index < -0.39 is 28.5 Å². The summed E-state index contributed by atoms with van der Waals surface area (Å²) in [6.07, 6.45) is 5.05. The molecule has 1 saturated carbocycles. The molecule has 1 fully saturated rings. The summed E-state index contributed by atoms with van der Waals surface area (Å²) in [5, 5.41) is 3.94. The molecule has 0 aromatic heterocycles. The van der Waals surface area contributed by atoms with Crippen LogP contribution in [0.5, 0.6) is 0 Å². The minimum Gasteiger partial charge on any atom is -0.352 e. The van der Waals surface area contributed by atoms with Crippen LogP contribution >= 0.6 is 23.2 Å². The normalized spacial score (nSPS) is 14.7. The number of amides is 2. The zero-order valence-corrected chi connectivity index (χ0v) is 25.6. The summed E-state index contributed by atoms with van der Waals surface area (Å²) in [6, 6.07) is 19.0. The molecule has 0 aliphatic heterocycles. The van der Waals surface area contributed by atoms with Gasteiger partial charge in [-0.3, -0.25) is 13.9 Å². The van der Waals surface area contributed by atoms with E-state index in [0.29, 0.717) is 21.3 Å². The van der Waals surface area contributed by atoms with Gasteiger partial charge in [-0.1, -0.05) is 78.4 Å². The molecular formula is C31H35Cl2N3O4S. The second-order valence-electron chi connectivity index (χ2n) is 10.4. The van der Waals surface area contributed by atoms with Gasteiger partial charge < -0.3 is 10.2 Å². The molecule has 10 heteroatoms. The van der Waals surface area contributed by atoms with Crippen molar-refractivity contribution in [2.45, 2.75) is 69.5 Å². The number of nitrogens with zero attached hydrogens (tertiary/aromatic N) is 2. The number of anilines is 1. The van der Waals surface area contributed by atoms with E-state index in [1.165, 1.54) is 29.2 Å². The lowest BCUT2D eigenvalue weighted by Gasteiger charge is -2.33. The van der Waals surface area contributed by atoms with Crippen molar-refractivity contribution in [3.05, 3.63) is 94.0 Å². The van der Waals surface area contributed by atoms with Crippen molar-refractivity contribution >= 4 is 50.7 Å². The highest BCUT2D eigenvalue weighted by atomic mass is 35.5. The number of hydrogen-bond acceptors (Lipinski definition) is 4. The molecule has 4 rings (SSSR count). The van der Waals surface area contributed by atoms with E-state index >= 15 is 0 Å². The molecule has 1 N–H and O–H groups in total. The first-order chi connectivity index (χ1) is 19.6. The maximum absolute atomic E-state index is 14.1. The molecule has 1 aliphatic carbocycles. The molecule has 0 spiro atoms. The zero-order valence-electron chi connectivity index (χ0n) is 23.2. The maximum atomic E-state index is 14.1. The van der Waals surface area contributed by atoms with Crippen molar-refractivity contribution in [1.29, 1.82) is 0 Å². The van der Waals surface area contributed by atoms with Crippen molar-refractivity contribution in [3.63, 3.8) is 0 Å². The number of aryl methyl sites for hydroxylation is 1. The van der Waals surface area contributed by atoms with Gasteiger partial charge in [0.1, 0.15) is 12.6 Å². The van der Waals surface area contributed by atoms with E-state index in [1.807, 2.05) is 6.92 Å². The van der Waals surface area contributed by atoms with Gasteiger partial charge in [-0.15, -0.1) is 0 Å². The minimum absolute atomic E-state index is 0.00369. The van der Waals surface area contributed by atoms with E-state index in [9.17, 15) is 18.0 Å². The number of sulfonamides is 1. The molecule has 3 aromatic rings. The molecule has 1 atom stereocenters. The Kier molecular flexibility index (Phi) is 10.3. The molecule has 7 nitrogen and oxygen atoms in total. The Hall–Kier alpha value is -3.07. The number of carbonyl (C=O) groups is 2. The summed E-state index contributed by atoms with van der Waals surface area (Å²) in [7, 11) is -4.16. The van der Waals surface area contributed by atoms with E-state index in [1.54, 1.807) is 55.5 Å². The van der Waals surface area contributed by atoms with Crippen molar-refractivity contribution in [2.24, 2.45) is 0 Å². The van der Waals surface area contributed by atoms with Gasteiger partial charge in [-0.25, -0.2) is 8.42 Å². The molecular weight excluding hydrogens is 581 g/mol. The van der Waals surface area contributed by atoms with Crippen molar-refractivity contribution in [3.8, 4) is 0 Å². The number of rotatable bonds is 10. The van der Waals surface area contributed by atoms with Crippen molar-refractivity contribution < 1.29 is 18.0 Å². The number of halogens is 2. The summed E-state index contributed by atoms with van der Waals surface area (Å²) < 4.78 is 28.8. The van der Waals surface area contributed by atoms with Gasteiger partial charge in [0.05, 0.1) is 10.6 Å². The van der Waals surface area contributed by atoms with E-state index in [-0.39, 0.29) is 23.4 Å². The Morgan fingerprint density at radius 1 is 0.927 bits per heavy atom. The Labute approximate surface area is 252 Å². The van der Waals surface area contributed by atoms with Gasteiger partial charge in [0.2, 0.25) is 11.8 Å². The third kappa shape index (κ3) is 7.82. The molecule has 2 amide bonds. The average molecular weight is 617 g/mol. The van der Waals surface area contributed by atoms with Crippen LogP contribution in [0.1, 0.15) is 50.2 Å². The summed E-state index contributed by atoms with van der Waals surface area (Å²) in [4.78, 5) is 28.8. The third-order valence-electron chi connectivity index (χ3n) is 7.42. The second-order valence-corrected chi connectivity index (χ2v) is 13.1. The van der Waals surface area contributed by atoms with Crippen LogP contribution in [0.2, 0.25) is 10.0 Å². The van der Waals surface area contributed by atoms with Crippen LogP contribution in [0.25, 0.3) is 0 Å². The van der Waals surface area contributed by atoms with Crippen molar-refractivity contribution in [2.75, 3.05) is 10.8 Å².